The highest BCUT2D eigenvalue weighted by Crippen LogP contribution is 2.64. The van der Waals surface area contributed by atoms with E-state index < -0.39 is 5.79 Å². The quantitative estimate of drug-likeness (QED) is 0.547. The number of hydrogen-bond donors (Lipinski definition) is 0. The molecule has 1 aliphatic carbocycles. The third kappa shape index (κ3) is 2.47. The maximum Gasteiger partial charge on any atom is 0.340 e. The molecule has 4 rings (SSSR count). The third-order valence-corrected chi connectivity index (χ3v) is 7.10. The second-order valence-electron chi connectivity index (χ2n) is 9.05. The first-order valence-corrected chi connectivity index (χ1v) is 9.95. The molecular weight excluding hydrogens is 324 g/mol. The number of carbonyl (C=O) groups is 1. The van der Waals surface area contributed by atoms with Crippen molar-refractivity contribution in [1.29, 1.82) is 0 Å². The van der Waals surface area contributed by atoms with E-state index in [1.807, 2.05) is 31.2 Å². The third-order valence-electron chi connectivity index (χ3n) is 7.10. The summed E-state index contributed by atoms with van der Waals surface area (Å²) in [6.07, 6.45) is 3.91. The molecule has 2 saturated heterocycles. The summed E-state index contributed by atoms with van der Waals surface area (Å²) in [5.74, 6) is 0.337. The van der Waals surface area contributed by atoms with Crippen molar-refractivity contribution in [3.05, 3.63) is 47.5 Å². The normalized spacial score (nSPS) is 38.5. The number of aryl methyl sites for hydroxylation is 1. The van der Waals surface area contributed by atoms with Gasteiger partial charge in [-0.2, -0.15) is 0 Å². The number of ether oxygens (including phenoxy) is 2. The summed E-state index contributed by atoms with van der Waals surface area (Å²) in [6, 6.07) is 7.56. The monoisotopic (exact) mass is 354 g/mol. The van der Waals surface area contributed by atoms with E-state index in [0.717, 1.165) is 24.8 Å². The lowest BCUT2D eigenvalue weighted by atomic mass is 9.77. The first-order chi connectivity index (χ1) is 12.3. The van der Waals surface area contributed by atoms with Crippen molar-refractivity contribution >= 4 is 5.97 Å². The lowest BCUT2D eigenvalue weighted by molar-refractivity contribution is -0.267. The van der Waals surface area contributed by atoms with Crippen LogP contribution in [0, 0.1) is 30.6 Å². The summed E-state index contributed by atoms with van der Waals surface area (Å²) in [5, 5.41) is 0. The van der Waals surface area contributed by atoms with Crippen molar-refractivity contribution in [2.45, 2.75) is 64.8 Å². The molecule has 3 aliphatic rings. The van der Waals surface area contributed by atoms with Crippen molar-refractivity contribution in [2.24, 2.45) is 23.7 Å². The maximum absolute atomic E-state index is 12.9. The Morgan fingerprint density at radius 3 is 2.62 bits per heavy atom. The first kappa shape index (κ1) is 17.8. The van der Waals surface area contributed by atoms with Gasteiger partial charge in [0.05, 0.1) is 11.2 Å². The molecule has 2 heterocycles. The maximum atomic E-state index is 12.9. The number of hydrogen-bond acceptors (Lipinski definition) is 3. The van der Waals surface area contributed by atoms with E-state index in [4.69, 9.17) is 9.47 Å². The SMILES string of the molecule is C=C1CC2(OC(=O)c3ccc(C)cc3)OC3(CC2C(C)C)C(C)CCC13. The van der Waals surface area contributed by atoms with E-state index in [0.29, 0.717) is 29.7 Å². The van der Waals surface area contributed by atoms with Crippen LogP contribution in [0.25, 0.3) is 0 Å². The van der Waals surface area contributed by atoms with Crippen LogP contribution in [0.15, 0.2) is 36.4 Å². The Labute approximate surface area is 156 Å². The molecule has 140 valence electrons. The number of benzene rings is 1. The minimum Gasteiger partial charge on any atom is -0.429 e. The highest BCUT2D eigenvalue weighted by molar-refractivity contribution is 5.89. The standard InChI is InChI=1S/C23H30O3/c1-14(2)20-13-22-17(5)8-11-19(22)16(4)12-23(20,26-22)25-21(24)18-9-6-15(3)7-10-18/h6-7,9-10,14,17,19-20H,4,8,11-13H2,1-3,5H3. The van der Waals surface area contributed by atoms with Crippen LogP contribution in [0.5, 0.6) is 0 Å². The van der Waals surface area contributed by atoms with E-state index in [-0.39, 0.29) is 17.5 Å². The zero-order valence-electron chi connectivity index (χ0n) is 16.4. The Morgan fingerprint density at radius 1 is 1.27 bits per heavy atom. The summed E-state index contributed by atoms with van der Waals surface area (Å²) < 4.78 is 12.9. The van der Waals surface area contributed by atoms with Gasteiger partial charge >= 0.3 is 5.97 Å². The van der Waals surface area contributed by atoms with Gasteiger partial charge in [0.25, 0.3) is 0 Å². The highest BCUT2D eigenvalue weighted by Gasteiger charge is 2.68. The molecule has 3 heteroatoms. The van der Waals surface area contributed by atoms with Gasteiger partial charge in [0.1, 0.15) is 0 Å². The summed E-state index contributed by atoms with van der Waals surface area (Å²) in [6.45, 7) is 13.1. The molecule has 3 fully saturated rings. The van der Waals surface area contributed by atoms with Gasteiger partial charge in [0.2, 0.25) is 5.79 Å². The Kier molecular flexibility index (Phi) is 4.07. The number of carbonyl (C=O) groups excluding carboxylic acids is 1. The smallest absolute Gasteiger partial charge is 0.340 e. The van der Waals surface area contributed by atoms with Crippen LogP contribution in [-0.4, -0.2) is 17.4 Å². The van der Waals surface area contributed by atoms with Gasteiger partial charge in [-0.1, -0.05) is 50.6 Å². The predicted octanol–water partition coefficient (Wildman–Crippen LogP) is 5.29. The van der Waals surface area contributed by atoms with Crippen LogP contribution in [0.1, 0.15) is 62.4 Å². The van der Waals surface area contributed by atoms with Crippen molar-refractivity contribution in [3.63, 3.8) is 0 Å². The van der Waals surface area contributed by atoms with E-state index in [9.17, 15) is 4.79 Å². The fraction of sp³-hybridized carbons (Fsp3) is 0.609. The molecule has 3 nitrogen and oxygen atoms in total. The van der Waals surface area contributed by atoms with Crippen LogP contribution in [0.3, 0.4) is 0 Å². The van der Waals surface area contributed by atoms with Crippen LogP contribution in [0.4, 0.5) is 0 Å². The van der Waals surface area contributed by atoms with Gasteiger partial charge in [0.15, 0.2) is 0 Å². The van der Waals surface area contributed by atoms with E-state index in [2.05, 4.69) is 27.4 Å². The average molecular weight is 354 g/mol. The molecular formula is C23H30O3. The van der Waals surface area contributed by atoms with Gasteiger partial charge in [-0.25, -0.2) is 4.79 Å². The van der Waals surface area contributed by atoms with Gasteiger partial charge in [-0.15, -0.1) is 0 Å². The zero-order chi connectivity index (χ0) is 18.7. The Bertz CT molecular complexity index is 734. The molecule has 0 amide bonds. The van der Waals surface area contributed by atoms with E-state index in [1.54, 1.807) is 0 Å². The molecule has 5 atom stereocenters. The molecule has 0 aromatic heterocycles. The van der Waals surface area contributed by atoms with Gasteiger partial charge in [-0.3, -0.25) is 0 Å². The second kappa shape index (κ2) is 5.95. The number of fused-ring (bicyclic) bond motifs is 1. The summed E-state index contributed by atoms with van der Waals surface area (Å²) in [7, 11) is 0. The Morgan fingerprint density at radius 2 is 1.96 bits per heavy atom. The molecule has 1 saturated carbocycles. The van der Waals surface area contributed by atoms with Crippen LogP contribution >= 0.6 is 0 Å². The molecule has 5 unspecified atom stereocenters. The topological polar surface area (TPSA) is 35.5 Å². The molecule has 0 radical (unpaired) electrons. The Hall–Kier alpha value is -1.61. The second-order valence-corrected chi connectivity index (χ2v) is 9.05. The van der Waals surface area contributed by atoms with Crippen molar-refractivity contribution in [2.75, 3.05) is 0 Å². The predicted molar refractivity (Wildman–Crippen MR) is 102 cm³/mol. The molecule has 1 aromatic rings. The summed E-state index contributed by atoms with van der Waals surface area (Å²) >= 11 is 0. The van der Waals surface area contributed by atoms with Gasteiger partial charge in [0, 0.05) is 18.3 Å². The molecule has 0 N–H and O–H groups in total. The van der Waals surface area contributed by atoms with E-state index >= 15 is 0 Å². The van der Waals surface area contributed by atoms with Crippen LogP contribution in [-0.2, 0) is 9.47 Å². The fourth-order valence-electron chi connectivity index (χ4n) is 5.64. The number of esters is 1. The van der Waals surface area contributed by atoms with Crippen molar-refractivity contribution in [1.82, 2.24) is 0 Å². The van der Waals surface area contributed by atoms with Crippen LogP contribution in [0.2, 0.25) is 0 Å². The number of rotatable bonds is 3. The molecule has 1 aromatic carbocycles. The lowest BCUT2D eigenvalue weighted by Crippen LogP contribution is -2.51. The van der Waals surface area contributed by atoms with Gasteiger partial charge in [-0.05, 0) is 50.2 Å². The summed E-state index contributed by atoms with van der Waals surface area (Å²) in [5.41, 5.74) is 2.73. The molecule has 1 spiro atoms. The minimum absolute atomic E-state index is 0.197. The molecule has 2 aliphatic heterocycles. The largest absolute Gasteiger partial charge is 0.429 e. The molecule has 26 heavy (non-hydrogen) atoms. The first-order valence-electron chi connectivity index (χ1n) is 9.95. The van der Waals surface area contributed by atoms with Crippen LogP contribution < -0.4 is 0 Å². The zero-order valence-corrected chi connectivity index (χ0v) is 16.4. The summed E-state index contributed by atoms with van der Waals surface area (Å²) in [4.78, 5) is 12.9. The van der Waals surface area contributed by atoms with Crippen molar-refractivity contribution in [3.8, 4) is 0 Å². The van der Waals surface area contributed by atoms with Gasteiger partial charge < -0.3 is 9.47 Å². The highest BCUT2D eigenvalue weighted by atomic mass is 16.7. The fourth-order valence-corrected chi connectivity index (χ4v) is 5.64. The minimum atomic E-state index is -0.859. The van der Waals surface area contributed by atoms with E-state index in [1.165, 1.54) is 5.57 Å². The molecule has 2 bridgehead atoms. The average Bonchev–Trinajstić information content (AvgIpc) is 3.04. The lowest BCUT2D eigenvalue weighted by Gasteiger charge is -2.45. The van der Waals surface area contributed by atoms with Crippen molar-refractivity contribution < 1.29 is 14.3 Å². The Balaban J connectivity index is 1.69.